The van der Waals surface area contributed by atoms with Gasteiger partial charge in [-0.15, -0.1) is 11.8 Å². The zero-order valence-electron chi connectivity index (χ0n) is 12.3. The second kappa shape index (κ2) is 7.43. The molecule has 1 aromatic rings. The van der Waals surface area contributed by atoms with Crippen molar-refractivity contribution >= 4 is 40.9 Å². The quantitative estimate of drug-likeness (QED) is 0.844. The summed E-state index contributed by atoms with van der Waals surface area (Å²) in [6, 6.07) is 7.03. The lowest BCUT2D eigenvalue weighted by atomic mass is 10.00. The number of amides is 1. The van der Waals surface area contributed by atoms with E-state index in [1.807, 2.05) is 12.1 Å². The molecule has 0 spiro atoms. The van der Waals surface area contributed by atoms with Gasteiger partial charge >= 0.3 is 0 Å². The Balaban J connectivity index is 1.41. The smallest absolute Gasteiger partial charge is 0.230 e. The molecule has 3 rings (SSSR count). The van der Waals surface area contributed by atoms with Crippen LogP contribution in [0.1, 0.15) is 31.2 Å². The summed E-state index contributed by atoms with van der Waals surface area (Å²) >= 11 is 13.6. The van der Waals surface area contributed by atoms with Crippen molar-refractivity contribution in [2.45, 2.75) is 49.6 Å². The molecule has 2 saturated heterocycles. The van der Waals surface area contributed by atoms with Crippen LogP contribution in [-0.2, 0) is 10.5 Å². The van der Waals surface area contributed by atoms with Gasteiger partial charge in [0.05, 0.1) is 5.75 Å². The van der Waals surface area contributed by atoms with Gasteiger partial charge in [0.2, 0.25) is 5.91 Å². The molecule has 2 aliphatic rings. The summed E-state index contributed by atoms with van der Waals surface area (Å²) in [6.45, 7) is 0. The van der Waals surface area contributed by atoms with Crippen molar-refractivity contribution in [3.05, 3.63) is 33.8 Å². The van der Waals surface area contributed by atoms with Crippen LogP contribution in [-0.4, -0.2) is 29.8 Å². The molecule has 2 bridgehead atoms. The normalized spacial score (nSPS) is 26.9. The van der Waals surface area contributed by atoms with Gasteiger partial charge in [-0.05, 0) is 43.4 Å². The Morgan fingerprint density at radius 3 is 2.68 bits per heavy atom. The van der Waals surface area contributed by atoms with Crippen LogP contribution in [0.25, 0.3) is 0 Å². The van der Waals surface area contributed by atoms with Crippen molar-refractivity contribution in [2.24, 2.45) is 0 Å². The number of rotatable bonds is 5. The Morgan fingerprint density at radius 1 is 1.27 bits per heavy atom. The molecule has 1 aromatic carbocycles. The average Bonchev–Trinajstić information content (AvgIpc) is 2.80. The molecular weight excluding hydrogens is 339 g/mol. The number of thioether (sulfide) groups is 1. The minimum Gasteiger partial charge on any atom is -0.353 e. The fourth-order valence-electron chi connectivity index (χ4n) is 3.34. The zero-order chi connectivity index (χ0) is 15.5. The molecule has 2 atom stereocenters. The van der Waals surface area contributed by atoms with Crippen LogP contribution in [0.15, 0.2) is 18.2 Å². The number of piperidine rings is 1. The molecule has 2 aliphatic heterocycles. The number of carbonyl (C=O) groups excluding carboxylic acids is 1. The van der Waals surface area contributed by atoms with Gasteiger partial charge in [0.1, 0.15) is 0 Å². The van der Waals surface area contributed by atoms with E-state index >= 15 is 0 Å². The molecule has 0 saturated carbocycles. The number of hydrogen-bond donors (Lipinski definition) is 2. The average molecular weight is 359 g/mol. The standard InChI is InChI=1S/C16H20Cl2N2OS/c17-11-2-1-10(15(18)5-11)8-22-9-16(21)20-14-6-12-3-4-13(7-14)19-12/h1-2,5,12-14,19H,3-4,6-9H2,(H,20,21). The molecular formula is C16H20Cl2N2OS. The summed E-state index contributed by atoms with van der Waals surface area (Å²) < 4.78 is 0. The summed E-state index contributed by atoms with van der Waals surface area (Å²) in [4.78, 5) is 12.1. The van der Waals surface area contributed by atoms with Crippen LogP contribution >= 0.6 is 35.0 Å². The van der Waals surface area contributed by atoms with Crippen molar-refractivity contribution < 1.29 is 4.79 Å². The van der Waals surface area contributed by atoms with E-state index in [4.69, 9.17) is 23.2 Å². The molecule has 2 heterocycles. The van der Waals surface area contributed by atoms with Crippen LogP contribution in [0, 0.1) is 0 Å². The number of benzene rings is 1. The van der Waals surface area contributed by atoms with Crippen molar-refractivity contribution in [1.29, 1.82) is 0 Å². The molecule has 2 fully saturated rings. The van der Waals surface area contributed by atoms with Gasteiger partial charge < -0.3 is 10.6 Å². The lowest BCUT2D eigenvalue weighted by Crippen LogP contribution is -2.48. The van der Waals surface area contributed by atoms with Gasteiger partial charge in [-0.3, -0.25) is 4.79 Å². The molecule has 0 aromatic heterocycles. The summed E-state index contributed by atoms with van der Waals surface area (Å²) in [5, 5.41) is 8.06. The van der Waals surface area contributed by atoms with E-state index in [1.165, 1.54) is 12.8 Å². The zero-order valence-corrected chi connectivity index (χ0v) is 14.6. The second-order valence-electron chi connectivity index (χ2n) is 6.10. The fraction of sp³-hybridized carbons (Fsp3) is 0.562. The highest BCUT2D eigenvalue weighted by atomic mass is 35.5. The largest absolute Gasteiger partial charge is 0.353 e. The molecule has 0 aliphatic carbocycles. The van der Waals surface area contributed by atoms with Gasteiger partial charge in [-0.1, -0.05) is 29.3 Å². The molecule has 120 valence electrons. The predicted octanol–water partition coefficient (Wildman–Crippen LogP) is 3.63. The molecule has 6 heteroatoms. The van der Waals surface area contributed by atoms with Crippen LogP contribution in [0.3, 0.4) is 0 Å². The number of carbonyl (C=O) groups is 1. The predicted molar refractivity (Wildman–Crippen MR) is 93.7 cm³/mol. The maximum absolute atomic E-state index is 12.1. The first kappa shape index (κ1) is 16.4. The Kier molecular flexibility index (Phi) is 5.55. The van der Waals surface area contributed by atoms with Gasteiger partial charge in [0, 0.05) is 33.9 Å². The van der Waals surface area contributed by atoms with Crippen LogP contribution in [0.4, 0.5) is 0 Å². The third kappa shape index (κ3) is 4.31. The van der Waals surface area contributed by atoms with Crippen molar-refractivity contribution in [2.75, 3.05) is 5.75 Å². The summed E-state index contributed by atoms with van der Waals surface area (Å²) in [7, 11) is 0. The maximum Gasteiger partial charge on any atom is 0.230 e. The van der Waals surface area contributed by atoms with Gasteiger partial charge in [0.25, 0.3) is 0 Å². The lowest BCUT2D eigenvalue weighted by molar-refractivity contribution is -0.119. The Labute approximate surface area is 145 Å². The SMILES string of the molecule is O=C(CSCc1ccc(Cl)cc1Cl)NC1CC2CCC(C1)N2. The third-order valence-electron chi connectivity index (χ3n) is 4.34. The molecule has 2 unspecified atom stereocenters. The van der Waals surface area contributed by atoms with Crippen molar-refractivity contribution in [1.82, 2.24) is 10.6 Å². The van der Waals surface area contributed by atoms with Gasteiger partial charge in [-0.25, -0.2) is 0 Å². The number of hydrogen-bond acceptors (Lipinski definition) is 3. The summed E-state index contributed by atoms with van der Waals surface area (Å²) in [5.74, 6) is 1.32. The first-order valence-electron chi connectivity index (χ1n) is 7.67. The van der Waals surface area contributed by atoms with E-state index in [-0.39, 0.29) is 5.91 Å². The van der Waals surface area contributed by atoms with E-state index in [1.54, 1.807) is 17.8 Å². The van der Waals surface area contributed by atoms with Gasteiger partial charge in [-0.2, -0.15) is 0 Å². The highest BCUT2D eigenvalue weighted by Crippen LogP contribution is 2.27. The first-order chi connectivity index (χ1) is 10.6. The minimum atomic E-state index is 0.126. The molecule has 3 nitrogen and oxygen atoms in total. The Hall–Kier alpha value is -0.420. The van der Waals surface area contributed by atoms with E-state index < -0.39 is 0 Å². The number of halogens is 2. The molecule has 0 radical (unpaired) electrons. The molecule has 2 N–H and O–H groups in total. The molecule has 1 amide bonds. The van der Waals surface area contributed by atoms with Crippen molar-refractivity contribution in [3.63, 3.8) is 0 Å². The van der Waals surface area contributed by atoms with Gasteiger partial charge in [0.15, 0.2) is 0 Å². The third-order valence-corrected chi connectivity index (χ3v) is 5.91. The first-order valence-corrected chi connectivity index (χ1v) is 9.58. The fourth-order valence-corrected chi connectivity index (χ4v) is 4.73. The Morgan fingerprint density at radius 2 is 2.00 bits per heavy atom. The highest BCUT2D eigenvalue weighted by molar-refractivity contribution is 7.99. The maximum atomic E-state index is 12.1. The van der Waals surface area contributed by atoms with E-state index in [9.17, 15) is 4.79 Å². The van der Waals surface area contributed by atoms with E-state index in [2.05, 4.69) is 10.6 Å². The van der Waals surface area contributed by atoms with Crippen LogP contribution in [0.2, 0.25) is 10.0 Å². The van der Waals surface area contributed by atoms with E-state index in [0.29, 0.717) is 33.9 Å². The number of nitrogens with one attached hydrogen (secondary N) is 2. The number of fused-ring (bicyclic) bond motifs is 2. The second-order valence-corrected chi connectivity index (χ2v) is 7.93. The minimum absolute atomic E-state index is 0.126. The van der Waals surface area contributed by atoms with Crippen molar-refractivity contribution in [3.8, 4) is 0 Å². The summed E-state index contributed by atoms with van der Waals surface area (Å²) in [5.41, 5.74) is 1.02. The highest BCUT2D eigenvalue weighted by Gasteiger charge is 2.33. The lowest BCUT2D eigenvalue weighted by Gasteiger charge is -2.29. The topological polar surface area (TPSA) is 41.1 Å². The van der Waals surface area contributed by atoms with Crippen LogP contribution < -0.4 is 10.6 Å². The Bertz CT molecular complexity index is 543. The van der Waals surface area contributed by atoms with Crippen LogP contribution in [0.5, 0.6) is 0 Å². The van der Waals surface area contributed by atoms with E-state index in [0.717, 1.165) is 24.2 Å². The summed E-state index contributed by atoms with van der Waals surface area (Å²) in [6.07, 6.45) is 4.63. The monoisotopic (exact) mass is 358 g/mol. The molecule has 22 heavy (non-hydrogen) atoms.